The van der Waals surface area contributed by atoms with Gasteiger partial charge in [-0.15, -0.1) is 0 Å². The topological polar surface area (TPSA) is 43.4 Å². The summed E-state index contributed by atoms with van der Waals surface area (Å²) >= 11 is 0. The molecular formula is C12H20O3. The van der Waals surface area contributed by atoms with Crippen LogP contribution in [-0.4, -0.2) is 17.4 Å². The van der Waals surface area contributed by atoms with Crippen molar-refractivity contribution in [1.29, 1.82) is 0 Å². The molecule has 0 aliphatic heterocycles. The molecule has 0 spiro atoms. The van der Waals surface area contributed by atoms with E-state index < -0.39 is 5.60 Å². The maximum absolute atomic E-state index is 11.6. The van der Waals surface area contributed by atoms with Gasteiger partial charge in [-0.2, -0.15) is 0 Å². The Kier molecular flexibility index (Phi) is 3.89. The molecule has 1 aliphatic carbocycles. The third kappa shape index (κ3) is 3.33. The lowest BCUT2D eigenvalue weighted by atomic mass is 9.85. The summed E-state index contributed by atoms with van der Waals surface area (Å²) in [6.45, 7) is 5.68. The first-order valence-corrected chi connectivity index (χ1v) is 5.71. The van der Waals surface area contributed by atoms with Crippen molar-refractivity contribution in [2.75, 3.05) is 0 Å². The molecule has 0 aromatic rings. The number of hydrogen-bond donors (Lipinski definition) is 0. The fourth-order valence-corrected chi connectivity index (χ4v) is 1.85. The van der Waals surface area contributed by atoms with Crippen LogP contribution in [0.5, 0.6) is 0 Å². The second kappa shape index (κ2) is 4.77. The molecule has 3 nitrogen and oxygen atoms in total. The van der Waals surface area contributed by atoms with Crippen LogP contribution in [0, 0.1) is 5.92 Å². The molecule has 86 valence electrons. The minimum Gasteiger partial charge on any atom is -0.459 e. The lowest BCUT2D eigenvalue weighted by Gasteiger charge is -2.33. The van der Waals surface area contributed by atoms with Gasteiger partial charge in [0.15, 0.2) is 0 Å². The van der Waals surface area contributed by atoms with Crippen LogP contribution in [0.3, 0.4) is 0 Å². The Morgan fingerprint density at radius 3 is 2.80 bits per heavy atom. The van der Waals surface area contributed by atoms with Crippen molar-refractivity contribution < 1.29 is 14.3 Å². The van der Waals surface area contributed by atoms with Gasteiger partial charge < -0.3 is 4.74 Å². The molecule has 1 aliphatic rings. The van der Waals surface area contributed by atoms with E-state index in [-0.39, 0.29) is 17.7 Å². The van der Waals surface area contributed by atoms with Crippen LogP contribution in [0.2, 0.25) is 0 Å². The summed E-state index contributed by atoms with van der Waals surface area (Å²) in [5.41, 5.74) is -0.546. The summed E-state index contributed by atoms with van der Waals surface area (Å²) < 4.78 is 5.44. The maximum atomic E-state index is 11.6. The van der Waals surface area contributed by atoms with E-state index in [1.54, 1.807) is 0 Å². The van der Waals surface area contributed by atoms with E-state index in [1.165, 1.54) is 0 Å². The average molecular weight is 212 g/mol. The number of ketones is 1. The molecule has 3 heteroatoms. The number of carbonyl (C=O) groups excluding carboxylic acids is 2. The Hall–Kier alpha value is -0.860. The van der Waals surface area contributed by atoms with E-state index in [0.717, 1.165) is 19.3 Å². The van der Waals surface area contributed by atoms with Gasteiger partial charge in [0, 0.05) is 12.8 Å². The Morgan fingerprint density at radius 1 is 1.60 bits per heavy atom. The maximum Gasteiger partial charge on any atom is 0.309 e. The first-order chi connectivity index (χ1) is 6.97. The van der Waals surface area contributed by atoms with Gasteiger partial charge in [-0.3, -0.25) is 9.59 Å². The number of ether oxygens (including phenoxy) is 1. The highest BCUT2D eigenvalue weighted by Crippen LogP contribution is 2.30. The zero-order valence-electron chi connectivity index (χ0n) is 9.84. The van der Waals surface area contributed by atoms with E-state index in [0.29, 0.717) is 12.8 Å². The van der Waals surface area contributed by atoms with Gasteiger partial charge in [-0.05, 0) is 26.2 Å². The summed E-state index contributed by atoms with van der Waals surface area (Å²) in [5, 5.41) is 0. The highest BCUT2D eigenvalue weighted by molar-refractivity contribution is 5.81. The molecule has 2 unspecified atom stereocenters. The third-order valence-corrected chi connectivity index (χ3v) is 3.09. The zero-order chi connectivity index (χ0) is 11.5. The van der Waals surface area contributed by atoms with Crippen molar-refractivity contribution in [2.24, 2.45) is 5.92 Å². The molecule has 0 amide bonds. The first-order valence-electron chi connectivity index (χ1n) is 5.71. The lowest BCUT2D eigenvalue weighted by Crippen LogP contribution is -2.38. The standard InChI is InChI=1S/C12H20O3/c1-4-9(2)11(14)15-12(3)7-5-6-10(13)8-12/h9H,4-8H2,1-3H3. The molecule has 0 bridgehead atoms. The van der Waals surface area contributed by atoms with Crippen LogP contribution in [0.25, 0.3) is 0 Å². The van der Waals surface area contributed by atoms with Crippen molar-refractivity contribution in [3.8, 4) is 0 Å². The Balaban J connectivity index is 2.55. The molecule has 15 heavy (non-hydrogen) atoms. The number of esters is 1. The van der Waals surface area contributed by atoms with Gasteiger partial charge in [0.05, 0.1) is 5.92 Å². The largest absolute Gasteiger partial charge is 0.459 e. The molecule has 0 aromatic heterocycles. The fraction of sp³-hybridized carbons (Fsp3) is 0.833. The summed E-state index contributed by atoms with van der Waals surface area (Å²) in [6.07, 6.45) is 3.44. The van der Waals surface area contributed by atoms with Crippen LogP contribution in [0.15, 0.2) is 0 Å². The van der Waals surface area contributed by atoms with Crippen molar-refractivity contribution in [3.05, 3.63) is 0 Å². The Morgan fingerprint density at radius 2 is 2.27 bits per heavy atom. The van der Waals surface area contributed by atoms with Gasteiger partial charge in [-0.25, -0.2) is 0 Å². The molecule has 2 atom stereocenters. The smallest absolute Gasteiger partial charge is 0.309 e. The summed E-state index contributed by atoms with van der Waals surface area (Å²) in [7, 11) is 0. The minimum absolute atomic E-state index is 0.0705. The van der Waals surface area contributed by atoms with Gasteiger partial charge in [0.2, 0.25) is 0 Å². The van der Waals surface area contributed by atoms with E-state index in [4.69, 9.17) is 4.74 Å². The van der Waals surface area contributed by atoms with Crippen LogP contribution < -0.4 is 0 Å². The monoisotopic (exact) mass is 212 g/mol. The molecule has 0 N–H and O–H groups in total. The summed E-state index contributed by atoms with van der Waals surface area (Å²) in [4.78, 5) is 22.9. The van der Waals surface area contributed by atoms with Crippen molar-refractivity contribution in [2.45, 2.75) is 58.5 Å². The second-order valence-corrected chi connectivity index (χ2v) is 4.75. The number of Topliss-reactive ketones (excluding diaryl/α,β-unsaturated/α-hetero) is 1. The highest BCUT2D eigenvalue weighted by atomic mass is 16.6. The van der Waals surface area contributed by atoms with E-state index in [2.05, 4.69) is 0 Å². The van der Waals surface area contributed by atoms with Crippen molar-refractivity contribution in [1.82, 2.24) is 0 Å². The fourth-order valence-electron chi connectivity index (χ4n) is 1.85. The number of rotatable bonds is 3. The van der Waals surface area contributed by atoms with Crippen LogP contribution >= 0.6 is 0 Å². The second-order valence-electron chi connectivity index (χ2n) is 4.75. The normalized spacial score (nSPS) is 28.6. The third-order valence-electron chi connectivity index (χ3n) is 3.09. The Bertz CT molecular complexity index is 260. The SMILES string of the molecule is CCC(C)C(=O)OC1(C)CCCC(=O)C1. The van der Waals surface area contributed by atoms with E-state index in [1.807, 2.05) is 20.8 Å². The first kappa shape index (κ1) is 12.2. The minimum atomic E-state index is -0.546. The predicted molar refractivity (Wildman–Crippen MR) is 57.4 cm³/mol. The molecule has 0 saturated heterocycles. The molecular weight excluding hydrogens is 192 g/mol. The van der Waals surface area contributed by atoms with Crippen LogP contribution in [0.1, 0.15) is 52.9 Å². The molecule has 0 aromatic carbocycles. The van der Waals surface area contributed by atoms with Crippen LogP contribution in [0.4, 0.5) is 0 Å². The summed E-state index contributed by atoms with van der Waals surface area (Å²) in [6, 6.07) is 0. The quantitative estimate of drug-likeness (QED) is 0.675. The van der Waals surface area contributed by atoms with Gasteiger partial charge in [0.1, 0.15) is 11.4 Å². The van der Waals surface area contributed by atoms with Gasteiger partial charge in [-0.1, -0.05) is 13.8 Å². The lowest BCUT2D eigenvalue weighted by molar-refractivity contribution is -0.166. The van der Waals surface area contributed by atoms with Gasteiger partial charge >= 0.3 is 5.97 Å². The summed E-state index contributed by atoms with van der Waals surface area (Å²) in [5.74, 6) is -0.0331. The molecule has 0 radical (unpaired) electrons. The average Bonchev–Trinajstić information content (AvgIpc) is 2.15. The Labute approximate surface area is 91.2 Å². The molecule has 0 heterocycles. The van der Waals surface area contributed by atoms with Crippen molar-refractivity contribution >= 4 is 11.8 Å². The van der Waals surface area contributed by atoms with Crippen LogP contribution in [-0.2, 0) is 14.3 Å². The van der Waals surface area contributed by atoms with Crippen molar-refractivity contribution in [3.63, 3.8) is 0 Å². The molecule has 1 rings (SSSR count). The van der Waals surface area contributed by atoms with Gasteiger partial charge in [0.25, 0.3) is 0 Å². The number of carbonyl (C=O) groups is 2. The highest BCUT2D eigenvalue weighted by Gasteiger charge is 2.35. The van der Waals surface area contributed by atoms with E-state index in [9.17, 15) is 9.59 Å². The van der Waals surface area contributed by atoms with E-state index >= 15 is 0 Å². The molecule has 1 saturated carbocycles. The molecule has 1 fully saturated rings. The number of hydrogen-bond acceptors (Lipinski definition) is 3. The predicted octanol–water partition coefficient (Wildman–Crippen LogP) is 2.48. The zero-order valence-corrected chi connectivity index (χ0v) is 9.84.